The van der Waals surface area contributed by atoms with E-state index < -0.39 is 88.0 Å². The number of primary amides is 1. The third-order valence-electron chi connectivity index (χ3n) is 9.25. The third kappa shape index (κ3) is 4.39. The van der Waals surface area contributed by atoms with Gasteiger partial charge >= 0.3 is 0 Å². The van der Waals surface area contributed by atoms with E-state index in [0.717, 1.165) is 11.1 Å². The van der Waals surface area contributed by atoms with Crippen LogP contribution in [0.2, 0.25) is 0 Å². The molecule has 12 nitrogen and oxygen atoms in total. The van der Waals surface area contributed by atoms with E-state index in [1.165, 1.54) is 31.1 Å². The van der Waals surface area contributed by atoms with Gasteiger partial charge in [-0.05, 0) is 44.1 Å². The Morgan fingerprint density at radius 3 is 2.23 bits per heavy atom. The summed E-state index contributed by atoms with van der Waals surface area (Å²) in [6.07, 6.45) is -1.73. The number of hydrogen-bond acceptors (Lipinski definition) is 10. The van der Waals surface area contributed by atoms with E-state index >= 15 is 0 Å². The van der Waals surface area contributed by atoms with E-state index in [1.807, 2.05) is 19.1 Å². The van der Waals surface area contributed by atoms with Crippen molar-refractivity contribution in [1.29, 1.82) is 0 Å². The maximum absolute atomic E-state index is 14.0. The van der Waals surface area contributed by atoms with Crippen molar-refractivity contribution in [2.45, 2.75) is 43.9 Å². The van der Waals surface area contributed by atoms with Gasteiger partial charge in [0.05, 0.1) is 41.7 Å². The van der Waals surface area contributed by atoms with Crippen molar-refractivity contribution in [3.63, 3.8) is 0 Å². The first-order valence-electron chi connectivity index (χ1n) is 13.9. The molecule has 2 amide bonds. The number of nitrogens with zero attached hydrogens (tertiary/aromatic N) is 1. The molecule has 0 saturated heterocycles. The number of rotatable bonds is 5. The van der Waals surface area contributed by atoms with Crippen molar-refractivity contribution in [3.05, 3.63) is 58.7 Å². The molecule has 3 aliphatic carbocycles. The van der Waals surface area contributed by atoms with E-state index in [1.54, 1.807) is 19.1 Å². The van der Waals surface area contributed by atoms with Crippen LogP contribution in [-0.4, -0.2) is 87.0 Å². The fraction of sp³-hybridized carbons (Fsp3) is 0.419. The zero-order valence-electron chi connectivity index (χ0n) is 24.0. The van der Waals surface area contributed by atoms with Crippen LogP contribution >= 0.6 is 0 Å². The number of phenolic OH excluding ortho intramolecular Hbond substituents is 1. The zero-order chi connectivity index (χ0) is 31.7. The highest BCUT2D eigenvalue weighted by Gasteiger charge is 2.72. The first-order chi connectivity index (χ1) is 20.1. The van der Waals surface area contributed by atoms with Crippen LogP contribution in [0, 0.1) is 30.6 Å². The number of nitrogens with one attached hydrogen (secondary N) is 1. The van der Waals surface area contributed by atoms with E-state index in [9.17, 15) is 44.1 Å². The van der Waals surface area contributed by atoms with Gasteiger partial charge in [0.1, 0.15) is 5.75 Å². The summed E-state index contributed by atoms with van der Waals surface area (Å²) in [4.78, 5) is 80.9. The normalized spacial score (nSPS) is 31.7. The number of fused-ring (bicyclic) bond motifs is 3. The lowest BCUT2D eigenvalue weighted by Gasteiger charge is -2.56. The number of aromatic hydroxyl groups is 1. The molecule has 8 atom stereocenters. The van der Waals surface area contributed by atoms with Crippen LogP contribution in [0.3, 0.4) is 0 Å². The number of nitrogens with two attached hydrogens (primary N) is 1. The van der Waals surface area contributed by atoms with Crippen molar-refractivity contribution in [2.24, 2.45) is 29.4 Å². The van der Waals surface area contributed by atoms with Gasteiger partial charge < -0.3 is 26.4 Å². The molecule has 0 aliphatic heterocycles. The van der Waals surface area contributed by atoms with Crippen LogP contribution < -0.4 is 11.1 Å². The highest BCUT2D eigenvalue weighted by atomic mass is 16.3. The fourth-order valence-corrected chi connectivity index (χ4v) is 7.18. The standard InChI is InChI=1S/C31H33N3O9/c1-12-5-7-14(8-6-12)11-17(35)33-16-10-9-15-13(2)18-20(25(37)19(15)24(16)36)28(40)31(43)22(26(18)38)23(34(3)4)27(39)21(29(31)41)30(32)42/h5-10,13,18,20-23,26,36,38,43H,11H2,1-4H3,(H2,32,42)(H,33,35)/t13-,18+,20?,21?,22+,23-,26-,31-/m0/s1. The molecule has 2 aromatic carbocycles. The van der Waals surface area contributed by atoms with E-state index in [4.69, 9.17) is 5.73 Å². The Hall–Kier alpha value is -4.26. The molecule has 2 saturated carbocycles. The average molecular weight is 592 g/mol. The minimum absolute atomic E-state index is 0.0140. The Labute approximate surface area is 246 Å². The SMILES string of the molecule is Cc1ccc(CC(=O)Nc2ccc3c(c2O)C(=O)C2C(=O)[C@]4(O)C(=O)C(C(N)=O)C(=O)[C@@H](N(C)C)[C@@H]4[C@@H](O)[C@@H]2[C@H]3C)cc1. The lowest BCUT2D eigenvalue weighted by Crippen LogP contribution is -2.77. The number of carbonyl (C=O) groups excluding carboxylic acids is 6. The number of benzene rings is 2. The molecule has 0 heterocycles. The van der Waals surface area contributed by atoms with Crippen molar-refractivity contribution in [2.75, 3.05) is 19.4 Å². The molecular formula is C31H33N3O9. The molecule has 2 unspecified atom stereocenters. The van der Waals surface area contributed by atoms with Crippen LogP contribution in [-0.2, 0) is 30.4 Å². The number of phenols is 1. The number of anilines is 1. The number of carbonyl (C=O) groups is 6. The van der Waals surface area contributed by atoms with E-state index in [0.29, 0.717) is 0 Å². The molecule has 0 bridgehead atoms. The second-order valence-electron chi connectivity index (χ2n) is 12.0. The molecule has 0 spiro atoms. The van der Waals surface area contributed by atoms with Gasteiger partial charge in [-0.25, -0.2) is 0 Å². The largest absolute Gasteiger partial charge is 0.505 e. The van der Waals surface area contributed by atoms with Gasteiger partial charge in [0.15, 0.2) is 34.7 Å². The molecule has 5 rings (SSSR count). The summed E-state index contributed by atoms with van der Waals surface area (Å²) >= 11 is 0. The molecule has 2 fully saturated rings. The van der Waals surface area contributed by atoms with Gasteiger partial charge in [0, 0.05) is 5.92 Å². The van der Waals surface area contributed by atoms with Crippen molar-refractivity contribution >= 4 is 40.6 Å². The molecule has 12 heteroatoms. The summed E-state index contributed by atoms with van der Waals surface area (Å²) in [7, 11) is 2.86. The Kier molecular flexibility index (Phi) is 7.36. The number of ketones is 4. The van der Waals surface area contributed by atoms with Gasteiger partial charge in [-0.3, -0.25) is 33.7 Å². The lowest BCUT2D eigenvalue weighted by molar-refractivity contribution is -0.196. The van der Waals surface area contributed by atoms with Crippen molar-refractivity contribution in [1.82, 2.24) is 4.90 Å². The Morgan fingerprint density at radius 2 is 1.65 bits per heavy atom. The maximum atomic E-state index is 14.0. The van der Waals surface area contributed by atoms with Crippen LogP contribution in [0.5, 0.6) is 5.75 Å². The quantitative estimate of drug-likeness (QED) is 0.230. The summed E-state index contributed by atoms with van der Waals surface area (Å²) < 4.78 is 0. The predicted octanol–water partition coefficient (Wildman–Crippen LogP) is -0.112. The van der Waals surface area contributed by atoms with Gasteiger partial charge in [0.25, 0.3) is 0 Å². The minimum Gasteiger partial charge on any atom is -0.505 e. The number of likely N-dealkylation sites (N-methyl/N-ethyl adjacent to an activating group) is 1. The number of aliphatic hydroxyl groups is 2. The average Bonchev–Trinajstić information content (AvgIpc) is 2.93. The number of aliphatic hydroxyl groups excluding tert-OH is 1. The molecular weight excluding hydrogens is 558 g/mol. The summed E-state index contributed by atoms with van der Waals surface area (Å²) in [6.45, 7) is 3.52. The fourth-order valence-electron chi connectivity index (χ4n) is 7.18. The lowest BCUT2D eigenvalue weighted by atomic mass is 9.49. The Balaban J connectivity index is 1.55. The van der Waals surface area contributed by atoms with Gasteiger partial charge in [-0.15, -0.1) is 0 Å². The molecule has 226 valence electrons. The number of Topliss-reactive ketones (excluding diaryl/α,β-unsaturated/α-hetero) is 4. The Morgan fingerprint density at radius 1 is 1.02 bits per heavy atom. The number of hydrogen-bond donors (Lipinski definition) is 5. The molecule has 2 aromatic rings. The minimum atomic E-state index is -3.08. The second kappa shape index (κ2) is 10.5. The topological polar surface area (TPSA) is 204 Å². The maximum Gasteiger partial charge on any atom is 0.235 e. The van der Waals surface area contributed by atoms with Gasteiger partial charge in [0.2, 0.25) is 11.8 Å². The van der Waals surface area contributed by atoms with Gasteiger partial charge in [-0.2, -0.15) is 0 Å². The molecule has 0 aromatic heterocycles. The zero-order valence-corrected chi connectivity index (χ0v) is 24.0. The van der Waals surface area contributed by atoms with Crippen LogP contribution in [0.4, 0.5) is 5.69 Å². The third-order valence-corrected chi connectivity index (χ3v) is 9.25. The van der Waals surface area contributed by atoms with E-state index in [2.05, 4.69) is 5.32 Å². The predicted molar refractivity (Wildman–Crippen MR) is 151 cm³/mol. The van der Waals surface area contributed by atoms with Gasteiger partial charge in [-0.1, -0.05) is 42.8 Å². The first-order valence-corrected chi connectivity index (χ1v) is 13.9. The monoisotopic (exact) mass is 591 g/mol. The van der Waals surface area contributed by atoms with Crippen molar-refractivity contribution in [3.8, 4) is 5.75 Å². The summed E-state index contributed by atoms with van der Waals surface area (Å²) in [5.41, 5.74) is 3.89. The van der Waals surface area contributed by atoms with Crippen molar-refractivity contribution < 1.29 is 44.1 Å². The van der Waals surface area contributed by atoms with Crippen LogP contribution in [0.25, 0.3) is 0 Å². The molecule has 6 N–H and O–H groups in total. The summed E-state index contributed by atoms with van der Waals surface area (Å²) in [5.74, 6) is -14.7. The first kappa shape index (κ1) is 30.2. The number of amides is 2. The molecule has 0 radical (unpaired) electrons. The highest BCUT2D eigenvalue weighted by Crippen LogP contribution is 2.55. The number of aryl methyl sites for hydroxylation is 1. The Bertz CT molecular complexity index is 1580. The van der Waals surface area contributed by atoms with E-state index in [-0.39, 0.29) is 23.2 Å². The molecule has 43 heavy (non-hydrogen) atoms. The highest BCUT2D eigenvalue weighted by molar-refractivity contribution is 6.32. The molecule has 3 aliphatic rings. The van der Waals surface area contributed by atoms with Crippen LogP contribution in [0.1, 0.15) is 39.9 Å². The smallest absolute Gasteiger partial charge is 0.235 e. The summed E-state index contributed by atoms with van der Waals surface area (Å²) in [6, 6.07) is 8.74. The van der Waals surface area contributed by atoms with Crippen LogP contribution in [0.15, 0.2) is 36.4 Å². The second-order valence-corrected chi connectivity index (χ2v) is 12.0. The summed E-state index contributed by atoms with van der Waals surface area (Å²) in [5, 5.41) is 37.1.